The molecule has 2 atom stereocenters. The molecule has 2 unspecified atom stereocenters. The monoisotopic (exact) mass is 433 g/mol. The van der Waals surface area contributed by atoms with Gasteiger partial charge in [-0.3, -0.25) is 4.79 Å². The first-order valence-electron chi connectivity index (χ1n) is 10.1. The Hall–Kier alpha value is -3.25. The minimum absolute atomic E-state index is 0.152. The average Bonchev–Trinajstić information content (AvgIpc) is 3.25. The van der Waals surface area contributed by atoms with Crippen LogP contribution in [0.1, 0.15) is 22.9 Å². The largest absolute Gasteiger partial charge is 0.480 e. The Balaban J connectivity index is 1.53. The number of amides is 1. The maximum atomic E-state index is 13.1. The molecule has 1 saturated heterocycles. The molecule has 1 heterocycles. The minimum atomic E-state index is -0.972. The van der Waals surface area contributed by atoms with Crippen molar-refractivity contribution in [1.29, 1.82) is 0 Å². The second-order valence-electron chi connectivity index (χ2n) is 7.31. The van der Waals surface area contributed by atoms with Gasteiger partial charge in [0.25, 0.3) is 0 Å². The second-order valence-corrected chi connectivity index (χ2v) is 8.43. The van der Waals surface area contributed by atoms with Crippen LogP contribution in [0, 0.1) is 0 Å². The number of aryl methyl sites for hydroxylation is 1. The molecule has 158 valence electrons. The number of benzene rings is 3. The molecule has 0 aliphatic carbocycles. The molecule has 1 fully saturated rings. The molecule has 1 N–H and O–H groups in total. The number of carbonyl (C=O) groups is 2. The highest BCUT2D eigenvalue weighted by Gasteiger charge is 2.42. The van der Waals surface area contributed by atoms with Crippen molar-refractivity contribution in [1.82, 2.24) is 4.90 Å². The first-order chi connectivity index (χ1) is 15.1. The van der Waals surface area contributed by atoms with Gasteiger partial charge in [0, 0.05) is 12.2 Å². The fourth-order valence-corrected chi connectivity index (χ4v) is 5.07. The molecule has 0 spiro atoms. The molecule has 3 aromatic rings. The number of para-hydroxylation sites is 1. The van der Waals surface area contributed by atoms with Gasteiger partial charge in [0.05, 0.1) is 0 Å². The number of rotatable bonds is 7. The molecule has 0 saturated carbocycles. The highest BCUT2D eigenvalue weighted by atomic mass is 32.2. The second kappa shape index (κ2) is 9.71. The number of ether oxygens (including phenoxy) is 1. The van der Waals surface area contributed by atoms with E-state index in [0.29, 0.717) is 17.9 Å². The summed E-state index contributed by atoms with van der Waals surface area (Å²) in [5.41, 5.74) is 1.92. The standard InChI is InChI=1S/C25H23NO4S/c27-23(15-14-18-8-3-1-4-9-18)26-22(25(28)29)17-31-24(26)19-10-7-13-21(16-19)30-20-11-5-2-6-12-20/h1-13,16,22,24H,14-15,17H2,(H,28,29). The number of nitrogens with zero attached hydrogens (tertiary/aromatic N) is 1. The van der Waals surface area contributed by atoms with Crippen molar-refractivity contribution in [2.45, 2.75) is 24.3 Å². The van der Waals surface area contributed by atoms with Gasteiger partial charge < -0.3 is 14.7 Å². The van der Waals surface area contributed by atoms with E-state index in [9.17, 15) is 14.7 Å². The van der Waals surface area contributed by atoms with E-state index >= 15 is 0 Å². The molecule has 0 bridgehead atoms. The molecule has 1 aliphatic rings. The van der Waals surface area contributed by atoms with Crippen LogP contribution in [-0.2, 0) is 16.0 Å². The molecule has 31 heavy (non-hydrogen) atoms. The number of hydrogen-bond acceptors (Lipinski definition) is 4. The quantitative estimate of drug-likeness (QED) is 0.559. The summed E-state index contributed by atoms with van der Waals surface area (Å²) in [5.74, 6) is 0.610. The summed E-state index contributed by atoms with van der Waals surface area (Å²) < 4.78 is 5.92. The molecular weight excluding hydrogens is 410 g/mol. The van der Waals surface area contributed by atoms with Crippen molar-refractivity contribution in [3.05, 3.63) is 96.1 Å². The van der Waals surface area contributed by atoms with Crippen LogP contribution in [0.2, 0.25) is 0 Å². The van der Waals surface area contributed by atoms with Gasteiger partial charge in [-0.1, -0.05) is 60.7 Å². The third-order valence-corrected chi connectivity index (χ3v) is 6.49. The molecule has 1 amide bonds. The lowest BCUT2D eigenvalue weighted by Gasteiger charge is -2.28. The number of hydrogen-bond donors (Lipinski definition) is 1. The highest BCUT2D eigenvalue weighted by Crippen LogP contribution is 2.43. The number of carboxylic acid groups (broad SMARTS) is 1. The molecule has 1 aliphatic heterocycles. The summed E-state index contributed by atoms with van der Waals surface area (Å²) in [6.07, 6.45) is 0.849. The lowest BCUT2D eigenvalue weighted by Crippen LogP contribution is -2.43. The van der Waals surface area contributed by atoms with Crippen LogP contribution in [0.15, 0.2) is 84.9 Å². The fourth-order valence-electron chi connectivity index (χ4n) is 3.64. The summed E-state index contributed by atoms with van der Waals surface area (Å²) in [6, 6.07) is 25.9. The molecule has 6 heteroatoms. The Morgan fingerprint density at radius 3 is 2.32 bits per heavy atom. The SMILES string of the molecule is O=C(O)C1CSC(c2cccc(Oc3ccccc3)c2)N1C(=O)CCc1ccccc1. The van der Waals surface area contributed by atoms with Crippen LogP contribution in [0.25, 0.3) is 0 Å². The Kier molecular flexibility index (Phi) is 6.57. The lowest BCUT2D eigenvalue weighted by molar-refractivity contribution is -0.149. The Morgan fingerprint density at radius 2 is 1.61 bits per heavy atom. The van der Waals surface area contributed by atoms with Crippen LogP contribution < -0.4 is 4.74 Å². The first-order valence-corrected chi connectivity index (χ1v) is 11.2. The van der Waals surface area contributed by atoms with E-state index in [1.807, 2.05) is 84.9 Å². The molecule has 3 aromatic carbocycles. The van der Waals surface area contributed by atoms with E-state index in [0.717, 1.165) is 16.9 Å². The topological polar surface area (TPSA) is 66.8 Å². The van der Waals surface area contributed by atoms with Gasteiger partial charge in [-0.15, -0.1) is 11.8 Å². The lowest BCUT2D eigenvalue weighted by atomic mass is 10.1. The van der Waals surface area contributed by atoms with E-state index in [2.05, 4.69) is 0 Å². The third-order valence-electron chi connectivity index (χ3n) is 5.17. The van der Waals surface area contributed by atoms with Gasteiger partial charge in [0.2, 0.25) is 5.91 Å². The van der Waals surface area contributed by atoms with Gasteiger partial charge in [0.15, 0.2) is 0 Å². The van der Waals surface area contributed by atoms with Crippen molar-refractivity contribution >= 4 is 23.6 Å². The molecule has 5 nitrogen and oxygen atoms in total. The third kappa shape index (κ3) is 5.09. The minimum Gasteiger partial charge on any atom is -0.480 e. The van der Waals surface area contributed by atoms with Gasteiger partial charge in [0.1, 0.15) is 22.9 Å². The van der Waals surface area contributed by atoms with E-state index in [1.54, 1.807) is 0 Å². The zero-order valence-electron chi connectivity index (χ0n) is 16.9. The molecular formula is C25H23NO4S. The van der Waals surface area contributed by atoms with Crippen LogP contribution >= 0.6 is 11.8 Å². The van der Waals surface area contributed by atoms with Crippen LogP contribution in [0.3, 0.4) is 0 Å². The fraction of sp³-hybridized carbons (Fsp3) is 0.200. The zero-order valence-corrected chi connectivity index (χ0v) is 17.7. The number of carboxylic acids is 1. The van der Waals surface area contributed by atoms with E-state index in [4.69, 9.17) is 4.74 Å². The predicted molar refractivity (Wildman–Crippen MR) is 121 cm³/mol. The van der Waals surface area contributed by atoms with E-state index in [-0.39, 0.29) is 17.7 Å². The van der Waals surface area contributed by atoms with Gasteiger partial charge >= 0.3 is 5.97 Å². The predicted octanol–water partition coefficient (Wildman–Crippen LogP) is 5.14. The summed E-state index contributed by atoms with van der Waals surface area (Å²) in [7, 11) is 0. The summed E-state index contributed by atoms with van der Waals surface area (Å²) in [5, 5.41) is 9.34. The normalized spacial score (nSPS) is 18.0. The summed E-state index contributed by atoms with van der Waals surface area (Å²) >= 11 is 1.47. The smallest absolute Gasteiger partial charge is 0.327 e. The van der Waals surface area contributed by atoms with Crippen molar-refractivity contribution in [2.75, 3.05) is 5.75 Å². The summed E-state index contributed by atoms with van der Waals surface area (Å²) in [6.45, 7) is 0. The average molecular weight is 434 g/mol. The highest BCUT2D eigenvalue weighted by molar-refractivity contribution is 7.99. The van der Waals surface area contributed by atoms with Crippen LogP contribution in [-0.4, -0.2) is 33.7 Å². The number of aliphatic carboxylic acids is 1. The zero-order chi connectivity index (χ0) is 21.6. The van der Waals surface area contributed by atoms with Crippen molar-refractivity contribution in [3.63, 3.8) is 0 Å². The van der Waals surface area contributed by atoms with E-state index in [1.165, 1.54) is 16.7 Å². The Labute approximate surface area is 185 Å². The Bertz CT molecular complexity index is 1040. The Morgan fingerprint density at radius 1 is 0.935 bits per heavy atom. The molecule has 4 rings (SSSR count). The van der Waals surface area contributed by atoms with Gasteiger partial charge in [-0.05, 0) is 41.8 Å². The number of thioether (sulfide) groups is 1. The van der Waals surface area contributed by atoms with Crippen LogP contribution in [0.5, 0.6) is 11.5 Å². The maximum Gasteiger partial charge on any atom is 0.327 e. The maximum absolute atomic E-state index is 13.1. The summed E-state index contributed by atoms with van der Waals surface area (Å²) in [4.78, 5) is 26.5. The van der Waals surface area contributed by atoms with Gasteiger partial charge in [-0.2, -0.15) is 0 Å². The molecule has 0 radical (unpaired) electrons. The number of carbonyl (C=O) groups excluding carboxylic acids is 1. The van der Waals surface area contributed by atoms with Crippen molar-refractivity contribution < 1.29 is 19.4 Å². The van der Waals surface area contributed by atoms with Crippen molar-refractivity contribution in [3.8, 4) is 11.5 Å². The van der Waals surface area contributed by atoms with E-state index < -0.39 is 12.0 Å². The van der Waals surface area contributed by atoms with Gasteiger partial charge in [-0.25, -0.2) is 4.79 Å². The molecule has 0 aromatic heterocycles. The van der Waals surface area contributed by atoms with Crippen molar-refractivity contribution in [2.24, 2.45) is 0 Å². The van der Waals surface area contributed by atoms with Crippen LogP contribution in [0.4, 0.5) is 0 Å². The first kappa shape index (κ1) is 21.0.